The molecule has 5 aromatic rings. The number of anilines is 2. The van der Waals surface area contributed by atoms with Crippen LogP contribution in [-0.2, 0) is 24.0 Å². The average Bonchev–Trinajstić information content (AvgIpc) is 3.79. The standard InChI is InChI=1S/C49H55F5N8O6/c1-28-21-36(60(23-30-9-13-33(64-6)14-10-30)24-31-11-15-34(65-7)16-12-31)55-41(38(28)49(52,53)54)42-39(51)40-37-43(58-45(57-40)66-27-48-17-8-18-61(48)25-32(50)22-48)62-20-19-59(46(63)68-47(3,4)5)26-35(62)29(2)67-44(37)56-42/h9-16,21,29,32,35H,8,17-20,22-27H2,1-7H3/t29?,32-,35?,48+/m1/s1. The van der Waals surface area contributed by atoms with Gasteiger partial charge in [0.15, 0.2) is 5.82 Å². The summed E-state index contributed by atoms with van der Waals surface area (Å²) in [5, 5.41) is 0.0195. The normalized spacial score (nSPS) is 21.5. The van der Waals surface area contributed by atoms with E-state index in [1.165, 1.54) is 13.0 Å². The SMILES string of the molecule is COc1ccc(CN(Cc2ccc(OC)cc2)c2cc(C)c(C(F)(F)F)c(-c3nc4c5c(nc(OC[C@@]67CCCN6C[C@H](F)C7)nc5c3F)N3CCN(C(=O)OC(C)(C)C)CC3C(C)O4)n2)cc1. The molecule has 362 valence electrons. The van der Waals surface area contributed by atoms with Crippen LogP contribution >= 0.6 is 0 Å². The van der Waals surface area contributed by atoms with Gasteiger partial charge in [-0.05, 0) is 101 Å². The quantitative estimate of drug-likeness (QED) is 0.117. The maximum Gasteiger partial charge on any atom is 0.418 e. The van der Waals surface area contributed by atoms with Gasteiger partial charge >= 0.3 is 18.3 Å². The molecule has 1 amide bonds. The zero-order valence-corrected chi connectivity index (χ0v) is 39.1. The summed E-state index contributed by atoms with van der Waals surface area (Å²) in [5.41, 5.74) is -3.09. The molecule has 19 heteroatoms. The van der Waals surface area contributed by atoms with Crippen molar-refractivity contribution >= 4 is 28.6 Å². The number of pyridine rings is 2. The number of fused-ring (bicyclic) bond motifs is 3. The summed E-state index contributed by atoms with van der Waals surface area (Å²) in [4.78, 5) is 39.3. The van der Waals surface area contributed by atoms with Crippen molar-refractivity contribution < 1.29 is 50.4 Å². The third kappa shape index (κ3) is 9.20. The van der Waals surface area contributed by atoms with E-state index in [0.717, 1.165) is 17.5 Å². The minimum Gasteiger partial charge on any atom is -0.497 e. The van der Waals surface area contributed by atoms with Gasteiger partial charge in [-0.2, -0.15) is 23.1 Å². The number of rotatable bonds is 11. The fourth-order valence-electron chi connectivity index (χ4n) is 9.95. The molecule has 4 aliphatic rings. The molecule has 3 saturated heterocycles. The highest BCUT2D eigenvalue weighted by molar-refractivity contribution is 5.97. The van der Waals surface area contributed by atoms with Crippen molar-refractivity contribution in [2.24, 2.45) is 0 Å². The molecule has 0 spiro atoms. The molecule has 2 unspecified atom stereocenters. The van der Waals surface area contributed by atoms with E-state index in [0.29, 0.717) is 24.5 Å². The zero-order valence-electron chi connectivity index (χ0n) is 39.1. The Balaban J connectivity index is 1.19. The first-order valence-electron chi connectivity index (χ1n) is 22.8. The Morgan fingerprint density at radius 3 is 2.18 bits per heavy atom. The zero-order chi connectivity index (χ0) is 48.3. The van der Waals surface area contributed by atoms with Crippen molar-refractivity contribution in [1.82, 2.24) is 29.7 Å². The molecule has 9 rings (SSSR count). The number of aromatic nitrogens is 4. The van der Waals surface area contributed by atoms with Crippen molar-refractivity contribution in [1.29, 1.82) is 0 Å². The highest BCUT2D eigenvalue weighted by atomic mass is 19.4. The Morgan fingerprint density at radius 1 is 0.897 bits per heavy atom. The van der Waals surface area contributed by atoms with Gasteiger partial charge in [0.1, 0.15) is 69.9 Å². The molecule has 0 bridgehead atoms. The van der Waals surface area contributed by atoms with E-state index in [2.05, 4.69) is 19.9 Å². The smallest absolute Gasteiger partial charge is 0.418 e. The van der Waals surface area contributed by atoms with E-state index >= 15 is 17.6 Å². The molecule has 68 heavy (non-hydrogen) atoms. The average molecular weight is 947 g/mol. The summed E-state index contributed by atoms with van der Waals surface area (Å²) in [7, 11) is 3.10. The second kappa shape index (κ2) is 18.0. The third-order valence-corrected chi connectivity index (χ3v) is 13.2. The van der Waals surface area contributed by atoms with Gasteiger partial charge in [-0.1, -0.05) is 24.3 Å². The molecule has 4 aliphatic heterocycles. The molecule has 4 atom stereocenters. The van der Waals surface area contributed by atoms with Crippen molar-refractivity contribution in [2.45, 2.75) is 103 Å². The van der Waals surface area contributed by atoms with Crippen LogP contribution in [0.25, 0.3) is 22.3 Å². The number of carbonyl (C=O) groups is 1. The van der Waals surface area contributed by atoms with E-state index in [4.69, 9.17) is 28.7 Å². The van der Waals surface area contributed by atoms with Crippen LogP contribution in [0.5, 0.6) is 23.4 Å². The van der Waals surface area contributed by atoms with Gasteiger partial charge in [-0.25, -0.2) is 23.5 Å². The van der Waals surface area contributed by atoms with E-state index in [-0.39, 0.29) is 86.8 Å². The van der Waals surface area contributed by atoms with Gasteiger partial charge in [0.25, 0.3) is 0 Å². The molecule has 0 saturated carbocycles. The van der Waals surface area contributed by atoms with Gasteiger partial charge in [-0.15, -0.1) is 0 Å². The van der Waals surface area contributed by atoms with Crippen LogP contribution in [0.4, 0.5) is 38.4 Å². The fourth-order valence-corrected chi connectivity index (χ4v) is 9.95. The molecule has 0 aliphatic carbocycles. The number of ether oxygens (including phenoxy) is 5. The number of hydrogen-bond acceptors (Lipinski definition) is 13. The Bertz CT molecular complexity index is 2640. The topological polar surface area (TPSA) is 128 Å². The summed E-state index contributed by atoms with van der Waals surface area (Å²) < 4.78 is 108. The number of benzene rings is 2. The number of aryl methyl sites for hydroxylation is 1. The van der Waals surface area contributed by atoms with Gasteiger partial charge < -0.3 is 38.4 Å². The maximum atomic E-state index is 17.9. The summed E-state index contributed by atoms with van der Waals surface area (Å²) >= 11 is 0. The van der Waals surface area contributed by atoms with E-state index in [9.17, 15) is 9.18 Å². The van der Waals surface area contributed by atoms with Crippen molar-refractivity contribution in [3.63, 3.8) is 0 Å². The van der Waals surface area contributed by atoms with Crippen LogP contribution in [0, 0.1) is 12.7 Å². The molecule has 7 heterocycles. The summed E-state index contributed by atoms with van der Waals surface area (Å²) in [6.45, 7) is 10.2. The van der Waals surface area contributed by atoms with Gasteiger partial charge in [-0.3, -0.25) is 4.90 Å². The third-order valence-electron chi connectivity index (χ3n) is 13.2. The van der Waals surface area contributed by atoms with Gasteiger partial charge in [0.05, 0.1) is 31.4 Å². The summed E-state index contributed by atoms with van der Waals surface area (Å²) in [6.07, 6.45) is -5.60. The van der Waals surface area contributed by atoms with Crippen LogP contribution in [0.15, 0.2) is 54.6 Å². The second-order valence-corrected chi connectivity index (χ2v) is 19.1. The number of piperazine rings is 1. The lowest BCUT2D eigenvalue weighted by atomic mass is 9.95. The number of carbonyl (C=O) groups excluding carboxylic acids is 1. The molecule has 3 fully saturated rings. The van der Waals surface area contributed by atoms with Gasteiger partial charge in [0, 0.05) is 45.7 Å². The Labute approximate surface area is 391 Å². The summed E-state index contributed by atoms with van der Waals surface area (Å²) in [5.74, 6) is 0.126. The van der Waals surface area contributed by atoms with Crippen LogP contribution in [0.1, 0.15) is 69.2 Å². The first-order chi connectivity index (χ1) is 32.3. The molecule has 0 N–H and O–H groups in total. The lowest BCUT2D eigenvalue weighted by Gasteiger charge is -2.43. The number of alkyl halides is 4. The second-order valence-electron chi connectivity index (χ2n) is 19.1. The number of methoxy groups -OCH3 is 2. The first-order valence-corrected chi connectivity index (χ1v) is 22.8. The van der Waals surface area contributed by atoms with Crippen LogP contribution in [-0.4, -0.2) is 119 Å². The number of amides is 1. The number of nitrogens with zero attached hydrogens (tertiary/aromatic N) is 8. The Hall–Kier alpha value is -6.24. The van der Waals surface area contributed by atoms with E-state index in [1.54, 1.807) is 76.0 Å². The fraction of sp³-hybridized carbons (Fsp3) is 0.490. The lowest BCUT2D eigenvalue weighted by Crippen LogP contribution is -2.59. The van der Waals surface area contributed by atoms with Gasteiger partial charge in [0.2, 0.25) is 5.88 Å². The molecular formula is C49H55F5N8O6. The Kier molecular flexibility index (Phi) is 12.4. The predicted octanol–water partition coefficient (Wildman–Crippen LogP) is 8.94. The molecule has 3 aromatic heterocycles. The van der Waals surface area contributed by atoms with Crippen molar-refractivity contribution in [2.75, 3.05) is 63.4 Å². The number of hydrogen-bond donors (Lipinski definition) is 0. The van der Waals surface area contributed by atoms with Crippen molar-refractivity contribution in [3.8, 4) is 34.8 Å². The van der Waals surface area contributed by atoms with Crippen LogP contribution in [0.3, 0.4) is 0 Å². The van der Waals surface area contributed by atoms with E-state index in [1.807, 2.05) is 29.2 Å². The number of halogens is 5. The maximum absolute atomic E-state index is 17.9. The molecular weight excluding hydrogens is 892 g/mol. The van der Waals surface area contributed by atoms with Crippen LogP contribution < -0.4 is 28.7 Å². The largest absolute Gasteiger partial charge is 0.497 e. The highest BCUT2D eigenvalue weighted by Crippen LogP contribution is 2.46. The summed E-state index contributed by atoms with van der Waals surface area (Å²) in [6, 6.07) is 15.0. The van der Waals surface area contributed by atoms with E-state index < -0.39 is 70.0 Å². The first kappa shape index (κ1) is 46.9. The van der Waals surface area contributed by atoms with Crippen molar-refractivity contribution in [3.05, 3.63) is 82.7 Å². The lowest BCUT2D eigenvalue weighted by molar-refractivity contribution is -0.137. The molecule has 2 aromatic carbocycles. The minimum atomic E-state index is -5.01. The molecule has 0 radical (unpaired) electrons. The molecule has 14 nitrogen and oxygen atoms in total. The van der Waals surface area contributed by atoms with Crippen LogP contribution in [0.2, 0.25) is 0 Å². The highest BCUT2D eigenvalue weighted by Gasteiger charge is 2.50. The predicted molar refractivity (Wildman–Crippen MR) is 244 cm³/mol. The Morgan fingerprint density at radius 2 is 1.56 bits per heavy atom. The monoisotopic (exact) mass is 946 g/mol. The minimum absolute atomic E-state index is 0.00673.